The van der Waals surface area contributed by atoms with Crippen LogP contribution in [0.2, 0.25) is 5.02 Å². The Morgan fingerprint density at radius 3 is 2.78 bits per heavy atom. The number of nitrogens with one attached hydrogen (secondary N) is 1. The molecule has 1 aromatic carbocycles. The number of anilines is 1. The highest BCUT2D eigenvalue weighted by atomic mass is 35.5. The van der Waals surface area contributed by atoms with Gasteiger partial charge in [-0.15, -0.1) is 11.3 Å². The molecule has 0 saturated carbocycles. The van der Waals surface area contributed by atoms with Gasteiger partial charge >= 0.3 is 5.97 Å². The number of nitrogens with zero attached hydrogens (tertiary/aromatic N) is 1. The summed E-state index contributed by atoms with van der Waals surface area (Å²) in [6, 6.07) is 3.78. The molecule has 9 heteroatoms. The number of carbonyl (C=O) groups excluding carboxylic acids is 2. The van der Waals surface area contributed by atoms with Crippen molar-refractivity contribution in [3.63, 3.8) is 0 Å². The largest absolute Gasteiger partial charge is 0.462 e. The van der Waals surface area contributed by atoms with E-state index < -0.39 is 16.8 Å². The van der Waals surface area contributed by atoms with E-state index in [0.717, 1.165) is 36.1 Å². The van der Waals surface area contributed by atoms with Gasteiger partial charge in [-0.2, -0.15) is 0 Å². The van der Waals surface area contributed by atoms with Gasteiger partial charge in [0.1, 0.15) is 10.6 Å². The number of thiophene rings is 1. The first kappa shape index (κ1) is 19.3. The lowest BCUT2D eigenvalue weighted by Gasteiger charge is -2.12. The van der Waals surface area contributed by atoms with Gasteiger partial charge < -0.3 is 10.1 Å². The van der Waals surface area contributed by atoms with Crippen LogP contribution in [0, 0.1) is 10.1 Å². The summed E-state index contributed by atoms with van der Waals surface area (Å²) in [6.07, 6.45) is 3.55. The maximum absolute atomic E-state index is 12.7. The third-order valence-corrected chi connectivity index (χ3v) is 5.72. The van der Waals surface area contributed by atoms with Gasteiger partial charge in [-0.1, -0.05) is 11.6 Å². The molecular weight excluding hydrogens is 392 g/mol. The fourth-order valence-corrected chi connectivity index (χ4v) is 4.54. The number of esters is 1. The van der Waals surface area contributed by atoms with Crippen molar-refractivity contribution in [3.05, 3.63) is 54.9 Å². The van der Waals surface area contributed by atoms with Crippen LogP contribution in [0.1, 0.15) is 50.9 Å². The summed E-state index contributed by atoms with van der Waals surface area (Å²) in [5.41, 5.74) is 0.750. The van der Waals surface area contributed by atoms with Gasteiger partial charge in [-0.05, 0) is 50.3 Å². The third-order valence-electron chi connectivity index (χ3n) is 4.28. The molecule has 27 heavy (non-hydrogen) atoms. The Hall–Kier alpha value is -2.45. The molecule has 0 bridgehead atoms. The summed E-state index contributed by atoms with van der Waals surface area (Å²) < 4.78 is 5.15. The van der Waals surface area contributed by atoms with E-state index in [-0.39, 0.29) is 22.9 Å². The number of halogens is 1. The van der Waals surface area contributed by atoms with E-state index in [2.05, 4.69) is 5.32 Å². The highest BCUT2D eigenvalue weighted by molar-refractivity contribution is 7.17. The molecule has 1 amide bonds. The average Bonchev–Trinajstić information content (AvgIpc) is 2.99. The standard InChI is InChI=1S/C18H17ClN2O5S/c1-2-26-18(23)15-11-5-3-4-6-14(11)27-17(15)20-16(22)12-9-10(19)7-8-13(12)21(24)25/h7-9H,2-6H2,1H3,(H,20,22). The van der Waals surface area contributed by atoms with Gasteiger partial charge in [0, 0.05) is 16.0 Å². The van der Waals surface area contributed by atoms with E-state index >= 15 is 0 Å². The van der Waals surface area contributed by atoms with Crippen LogP contribution in [0.15, 0.2) is 18.2 Å². The van der Waals surface area contributed by atoms with Crippen molar-refractivity contribution >= 4 is 45.5 Å². The fraction of sp³-hybridized carbons (Fsp3) is 0.333. The second-order valence-electron chi connectivity index (χ2n) is 6.01. The molecule has 0 spiro atoms. The molecule has 0 atom stereocenters. The van der Waals surface area contributed by atoms with Crippen LogP contribution in [0.4, 0.5) is 10.7 Å². The predicted octanol–water partition coefficient (Wildman–Crippen LogP) is 4.62. The zero-order valence-corrected chi connectivity index (χ0v) is 16.1. The minimum absolute atomic E-state index is 0.159. The maximum Gasteiger partial charge on any atom is 0.341 e. The quantitative estimate of drug-likeness (QED) is 0.442. The lowest BCUT2D eigenvalue weighted by Crippen LogP contribution is -2.17. The van der Waals surface area contributed by atoms with Crippen molar-refractivity contribution in [3.8, 4) is 0 Å². The molecule has 1 aromatic heterocycles. The lowest BCUT2D eigenvalue weighted by atomic mass is 9.95. The van der Waals surface area contributed by atoms with Crippen molar-refractivity contribution in [1.29, 1.82) is 0 Å². The monoisotopic (exact) mass is 408 g/mol. The molecule has 1 N–H and O–H groups in total. The molecule has 1 heterocycles. The van der Waals surface area contributed by atoms with Crippen molar-refractivity contribution in [2.24, 2.45) is 0 Å². The van der Waals surface area contributed by atoms with Gasteiger partial charge in [0.15, 0.2) is 0 Å². The Labute approximate surface area is 164 Å². The van der Waals surface area contributed by atoms with Gasteiger partial charge in [-0.3, -0.25) is 14.9 Å². The predicted molar refractivity (Wildman–Crippen MR) is 103 cm³/mol. The Morgan fingerprint density at radius 2 is 2.07 bits per heavy atom. The lowest BCUT2D eigenvalue weighted by molar-refractivity contribution is -0.385. The van der Waals surface area contributed by atoms with Gasteiger partial charge in [0.2, 0.25) is 0 Å². The number of hydrogen-bond donors (Lipinski definition) is 1. The van der Waals surface area contributed by atoms with E-state index in [1.54, 1.807) is 6.92 Å². The first-order valence-electron chi connectivity index (χ1n) is 8.49. The smallest absolute Gasteiger partial charge is 0.341 e. The Bertz CT molecular complexity index is 925. The van der Waals surface area contributed by atoms with Crippen LogP contribution >= 0.6 is 22.9 Å². The first-order valence-corrected chi connectivity index (χ1v) is 9.68. The number of hydrogen-bond acceptors (Lipinski definition) is 6. The number of fused-ring (bicyclic) bond motifs is 1. The maximum atomic E-state index is 12.7. The number of nitro benzene ring substituents is 1. The summed E-state index contributed by atoms with van der Waals surface area (Å²) in [5.74, 6) is -1.18. The van der Waals surface area contributed by atoms with Crippen molar-refractivity contribution < 1.29 is 19.2 Å². The summed E-state index contributed by atoms with van der Waals surface area (Å²) >= 11 is 7.22. The molecule has 0 fully saturated rings. The SMILES string of the molecule is CCOC(=O)c1c(NC(=O)c2cc(Cl)ccc2[N+](=O)[O-])sc2c1CCCC2. The minimum atomic E-state index is -0.687. The van der Waals surface area contributed by atoms with Crippen LogP contribution < -0.4 is 5.32 Å². The fourth-order valence-electron chi connectivity index (χ4n) is 3.09. The van der Waals surface area contributed by atoms with Gasteiger partial charge in [0.05, 0.1) is 17.1 Å². The highest BCUT2D eigenvalue weighted by Crippen LogP contribution is 2.39. The molecule has 3 rings (SSSR count). The zero-order chi connectivity index (χ0) is 19.6. The number of carbonyl (C=O) groups is 2. The van der Waals surface area contributed by atoms with E-state index in [1.807, 2.05) is 0 Å². The number of rotatable bonds is 5. The number of amides is 1. The van der Waals surface area contributed by atoms with E-state index in [9.17, 15) is 19.7 Å². The topological polar surface area (TPSA) is 98.5 Å². The van der Waals surface area contributed by atoms with Crippen LogP contribution in [0.3, 0.4) is 0 Å². The van der Waals surface area contributed by atoms with Crippen LogP contribution in [-0.4, -0.2) is 23.4 Å². The molecule has 1 aliphatic carbocycles. The Kier molecular flexibility index (Phi) is 5.76. The number of ether oxygens (including phenoxy) is 1. The number of nitro groups is 1. The van der Waals surface area contributed by atoms with E-state index in [4.69, 9.17) is 16.3 Å². The van der Waals surface area contributed by atoms with Crippen LogP contribution in [-0.2, 0) is 17.6 Å². The van der Waals surface area contributed by atoms with Crippen molar-refractivity contribution in [1.82, 2.24) is 0 Å². The molecule has 0 aliphatic heterocycles. The minimum Gasteiger partial charge on any atom is -0.462 e. The number of aryl methyl sites for hydroxylation is 1. The third kappa shape index (κ3) is 3.96. The zero-order valence-electron chi connectivity index (χ0n) is 14.5. The molecule has 1 aliphatic rings. The molecule has 0 saturated heterocycles. The van der Waals surface area contributed by atoms with Gasteiger partial charge in [0.25, 0.3) is 11.6 Å². The van der Waals surface area contributed by atoms with Crippen molar-refractivity contribution in [2.45, 2.75) is 32.6 Å². The van der Waals surface area contributed by atoms with Crippen molar-refractivity contribution in [2.75, 3.05) is 11.9 Å². The average molecular weight is 409 g/mol. The second kappa shape index (κ2) is 8.06. The molecule has 0 radical (unpaired) electrons. The molecular formula is C18H17ClN2O5S. The first-order chi connectivity index (χ1) is 12.9. The molecule has 2 aromatic rings. The van der Waals surface area contributed by atoms with E-state index in [1.165, 1.54) is 29.5 Å². The summed E-state index contributed by atoms with van der Waals surface area (Å²) in [6.45, 7) is 1.93. The molecule has 7 nitrogen and oxygen atoms in total. The van der Waals surface area contributed by atoms with E-state index in [0.29, 0.717) is 10.6 Å². The Morgan fingerprint density at radius 1 is 1.33 bits per heavy atom. The molecule has 142 valence electrons. The molecule has 0 unspecified atom stereocenters. The number of benzene rings is 1. The normalized spacial score (nSPS) is 13.0. The van der Waals surface area contributed by atoms with Gasteiger partial charge in [-0.25, -0.2) is 4.79 Å². The van der Waals surface area contributed by atoms with Crippen LogP contribution in [0.5, 0.6) is 0 Å². The van der Waals surface area contributed by atoms with Crippen LogP contribution in [0.25, 0.3) is 0 Å². The summed E-state index contributed by atoms with van der Waals surface area (Å²) in [4.78, 5) is 36.8. The Balaban J connectivity index is 2.00. The summed E-state index contributed by atoms with van der Waals surface area (Å²) in [7, 11) is 0. The second-order valence-corrected chi connectivity index (χ2v) is 7.55. The summed E-state index contributed by atoms with van der Waals surface area (Å²) in [5, 5.41) is 14.5. The highest BCUT2D eigenvalue weighted by Gasteiger charge is 2.29.